The van der Waals surface area contributed by atoms with Gasteiger partial charge in [0.1, 0.15) is 0 Å². The third-order valence-corrected chi connectivity index (χ3v) is 9.97. The Kier molecular flexibility index (Phi) is 8.65. The van der Waals surface area contributed by atoms with Gasteiger partial charge < -0.3 is 14.5 Å². The van der Waals surface area contributed by atoms with Crippen LogP contribution in [0.2, 0.25) is 0 Å². The smallest absolute Gasteiger partial charge is 0.280 e. The van der Waals surface area contributed by atoms with Gasteiger partial charge in [0.2, 0.25) is 5.91 Å². The van der Waals surface area contributed by atoms with Crippen LogP contribution in [0.25, 0.3) is 0 Å². The number of thioether (sulfide) groups is 1. The molecule has 10 nitrogen and oxygen atoms in total. The lowest BCUT2D eigenvalue weighted by atomic mass is 10.1. The number of rotatable bonds is 11. The third kappa shape index (κ3) is 6.84. The van der Waals surface area contributed by atoms with Crippen molar-refractivity contribution < 1.29 is 27.6 Å². The number of sulfone groups is 1. The van der Waals surface area contributed by atoms with Gasteiger partial charge in [0.25, 0.3) is 5.91 Å². The summed E-state index contributed by atoms with van der Waals surface area (Å²) in [5.74, 6) is 0.123. The molecule has 194 valence electrons. The number of carbonyl (C=O) groups is 2. The first-order valence-electron chi connectivity index (χ1n) is 11.5. The number of benzene rings is 1. The first-order valence-corrected chi connectivity index (χ1v) is 14.8. The average Bonchev–Trinajstić information content (AvgIpc) is 3.43. The van der Waals surface area contributed by atoms with E-state index in [1.54, 1.807) is 37.3 Å². The van der Waals surface area contributed by atoms with Crippen LogP contribution in [0.4, 0.5) is 5.13 Å². The van der Waals surface area contributed by atoms with Crippen LogP contribution in [-0.4, -0.2) is 80.2 Å². The molecule has 1 aliphatic carbocycles. The number of thiazole rings is 1. The predicted octanol–water partition coefficient (Wildman–Crippen LogP) is 2.80. The Morgan fingerprint density at radius 1 is 1.25 bits per heavy atom. The summed E-state index contributed by atoms with van der Waals surface area (Å²) in [6.07, 6.45) is 3.82. The molecule has 2 fully saturated rings. The van der Waals surface area contributed by atoms with Gasteiger partial charge in [-0.25, -0.2) is 13.4 Å². The van der Waals surface area contributed by atoms with Crippen LogP contribution >= 0.6 is 23.1 Å². The first kappa shape index (κ1) is 26.6. The second-order valence-electron chi connectivity index (χ2n) is 8.62. The summed E-state index contributed by atoms with van der Waals surface area (Å²) in [5, 5.41) is 6.92. The van der Waals surface area contributed by atoms with Gasteiger partial charge in [0.05, 0.1) is 33.8 Å². The minimum Gasteiger partial charge on any atom is -0.389 e. The van der Waals surface area contributed by atoms with Crippen molar-refractivity contribution in [3.05, 3.63) is 36.0 Å². The van der Waals surface area contributed by atoms with Crippen molar-refractivity contribution in [1.82, 2.24) is 9.88 Å². The molecule has 1 N–H and O–H groups in total. The van der Waals surface area contributed by atoms with E-state index in [2.05, 4.69) is 15.5 Å². The zero-order chi connectivity index (χ0) is 25.7. The maximum absolute atomic E-state index is 13.1. The van der Waals surface area contributed by atoms with E-state index in [1.165, 1.54) is 35.2 Å². The zero-order valence-corrected chi connectivity index (χ0v) is 22.5. The van der Waals surface area contributed by atoms with E-state index >= 15 is 0 Å². The molecular formula is C23H28N4O6S3. The molecule has 2 amide bonds. The first-order chi connectivity index (χ1) is 17.2. The van der Waals surface area contributed by atoms with Crippen LogP contribution in [-0.2, 0) is 29.0 Å². The Bertz CT molecular complexity index is 1220. The van der Waals surface area contributed by atoms with Crippen molar-refractivity contribution in [3.63, 3.8) is 0 Å². The van der Waals surface area contributed by atoms with E-state index < -0.39 is 15.7 Å². The maximum Gasteiger partial charge on any atom is 0.280 e. The van der Waals surface area contributed by atoms with Crippen LogP contribution < -0.4 is 5.32 Å². The fourth-order valence-electron chi connectivity index (χ4n) is 3.32. The molecule has 1 aliphatic heterocycles. The van der Waals surface area contributed by atoms with Crippen LogP contribution in [0.3, 0.4) is 0 Å². The molecule has 2 aromatic rings. The van der Waals surface area contributed by atoms with Gasteiger partial charge in [-0.15, -0.1) is 11.8 Å². The van der Waals surface area contributed by atoms with E-state index in [0.29, 0.717) is 55.3 Å². The highest BCUT2D eigenvalue weighted by atomic mass is 32.2. The Balaban J connectivity index is 1.45. The summed E-state index contributed by atoms with van der Waals surface area (Å²) in [7, 11) is 0.0953. The van der Waals surface area contributed by atoms with E-state index in [0.717, 1.165) is 4.21 Å². The van der Waals surface area contributed by atoms with Gasteiger partial charge in [0.15, 0.2) is 26.8 Å². The van der Waals surface area contributed by atoms with Gasteiger partial charge in [0, 0.05) is 38.3 Å². The number of hydrogen-bond donors (Lipinski definition) is 1. The largest absolute Gasteiger partial charge is 0.389 e. The highest BCUT2D eigenvalue weighted by Crippen LogP contribution is 2.33. The van der Waals surface area contributed by atoms with Crippen molar-refractivity contribution >= 4 is 55.6 Å². The normalized spacial score (nSPS) is 18.2. The molecule has 0 bridgehead atoms. The van der Waals surface area contributed by atoms with Crippen LogP contribution in [0.15, 0.2) is 44.7 Å². The molecule has 0 spiro atoms. The number of aromatic nitrogens is 1. The highest BCUT2D eigenvalue weighted by molar-refractivity contribution is 8.01. The summed E-state index contributed by atoms with van der Waals surface area (Å²) in [6, 6.07) is 6.12. The minimum atomic E-state index is -3.34. The molecule has 1 aromatic heterocycles. The van der Waals surface area contributed by atoms with Crippen molar-refractivity contribution in [2.75, 3.05) is 38.4 Å². The van der Waals surface area contributed by atoms with Gasteiger partial charge in [-0.2, -0.15) is 0 Å². The number of nitrogens with zero attached hydrogens (tertiary/aromatic N) is 3. The van der Waals surface area contributed by atoms with Crippen molar-refractivity contribution in [2.24, 2.45) is 5.16 Å². The zero-order valence-electron chi connectivity index (χ0n) is 20.0. The summed E-state index contributed by atoms with van der Waals surface area (Å²) < 4.78 is 31.2. The van der Waals surface area contributed by atoms with Crippen LogP contribution in [0.1, 0.15) is 31.2 Å². The summed E-state index contributed by atoms with van der Waals surface area (Å²) in [5.41, 5.74) is 0.438. The van der Waals surface area contributed by atoms with Crippen LogP contribution in [0.5, 0.6) is 0 Å². The molecule has 2 aliphatic rings. The molecule has 1 atom stereocenters. The van der Waals surface area contributed by atoms with E-state index in [4.69, 9.17) is 9.57 Å². The van der Waals surface area contributed by atoms with E-state index in [1.807, 2.05) is 0 Å². The SMILES string of the molecule is CN(C)C(=O)CCSc1cnc(NC(=O)C(=NO[C@@H]2CCOC2)c2ccc(S(=O)(=O)C3CC3)cc2)s1. The standard InChI is InChI=1S/C23H28N4O6S3/c1-27(2)19(28)10-12-34-20-13-24-23(35-20)25-22(29)21(26-33-16-9-11-32-14-16)15-3-5-17(6-4-15)36(30,31)18-7-8-18/h3-6,13,16,18H,7-12,14H2,1-2H3,(H,24,25,29)/t16-/m1/s1. The molecule has 1 saturated carbocycles. The Morgan fingerprint density at radius 3 is 2.64 bits per heavy atom. The summed E-state index contributed by atoms with van der Waals surface area (Å²) >= 11 is 2.78. The van der Waals surface area contributed by atoms with Gasteiger partial charge in [-0.05, 0) is 25.0 Å². The number of carbonyl (C=O) groups excluding carboxylic acids is 2. The molecule has 0 radical (unpaired) electrons. The Morgan fingerprint density at radius 2 is 2.00 bits per heavy atom. The topological polar surface area (TPSA) is 127 Å². The van der Waals surface area contributed by atoms with Crippen molar-refractivity contribution in [3.8, 4) is 0 Å². The van der Waals surface area contributed by atoms with E-state index in [-0.39, 0.29) is 27.9 Å². The fourth-order valence-corrected chi connectivity index (χ4v) is 6.85. The summed E-state index contributed by atoms with van der Waals surface area (Å²) in [6.45, 7) is 0.954. The molecule has 1 aromatic carbocycles. The second kappa shape index (κ2) is 11.7. The number of amides is 2. The monoisotopic (exact) mass is 552 g/mol. The number of anilines is 1. The Hall–Kier alpha value is -2.48. The number of hydrogen-bond acceptors (Lipinski definition) is 10. The molecule has 2 heterocycles. The van der Waals surface area contributed by atoms with Gasteiger partial charge in [-0.1, -0.05) is 28.6 Å². The minimum absolute atomic E-state index is 0.0123. The maximum atomic E-state index is 13.1. The summed E-state index contributed by atoms with van der Waals surface area (Å²) in [4.78, 5) is 36.5. The second-order valence-corrected chi connectivity index (χ2v) is 13.3. The van der Waals surface area contributed by atoms with Crippen molar-refractivity contribution in [2.45, 2.75) is 46.1 Å². The lowest BCUT2D eigenvalue weighted by molar-refractivity contribution is -0.128. The Labute approximate surface area is 218 Å². The lowest BCUT2D eigenvalue weighted by Crippen LogP contribution is -2.25. The fraction of sp³-hybridized carbons (Fsp3) is 0.478. The predicted molar refractivity (Wildman–Crippen MR) is 138 cm³/mol. The molecule has 0 unspecified atom stereocenters. The van der Waals surface area contributed by atoms with Crippen LogP contribution in [0, 0.1) is 0 Å². The number of oxime groups is 1. The van der Waals surface area contributed by atoms with Gasteiger partial charge in [-0.3, -0.25) is 14.9 Å². The number of nitrogens with one attached hydrogen (secondary N) is 1. The lowest BCUT2D eigenvalue weighted by Gasteiger charge is -2.10. The third-order valence-electron chi connectivity index (χ3n) is 5.58. The quantitative estimate of drug-likeness (QED) is 0.256. The molecule has 13 heteroatoms. The molecule has 36 heavy (non-hydrogen) atoms. The van der Waals surface area contributed by atoms with E-state index in [9.17, 15) is 18.0 Å². The van der Waals surface area contributed by atoms with Crippen molar-refractivity contribution in [1.29, 1.82) is 0 Å². The average molecular weight is 553 g/mol. The highest BCUT2D eigenvalue weighted by Gasteiger charge is 2.36. The molecular weight excluding hydrogens is 524 g/mol. The van der Waals surface area contributed by atoms with Gasteiger partial charge >= 0.3 is 0 Å². The molecule has 4 rings (SSSR count). The molecule has 1 saturated heterocycles. The number of ether oxygens (including phenoxy) is 1.